The van der Waals surface area contributed by atoms with Crippen LogP contribution in [0.4, 0.5) is 0 Å². The van der Waals surface area contributed by atoms with Gasteiger partial charge in [-0.3, -0.25) is 4.68 Å². The number of nitrogens with zero attached hydrogens (tertiary/aromatic N) is 2. The zero-order valence-corrected chi connectivity index (χ0v) is 10.4. The van der Waals surface area contributed by atoms with E-state index in [9.17, 15) is 0 Å². The summed E-state index contributed by atoms with van der Waals surface area (Å²) in [5.41, 5.74) is 8.97. The Bertz CT molecular complexity index is 549. The zero-order chi connectivity index (χ0) is 12.5. The van der Waals surface area contributed by atoms with Gasteiger partial charge in [-0.15, -0.1) is 0 Å². The van der Waals surface area contributed by atoms with Gasteiger partial charge in [0.25, 0.3) is 0 Å². The van der Waals surface area contributed by atoms with E-state index in [-0.39, 0.29) is 12.1 Å². The number of aryl methyl sites for hydroxylation is 1. The van der Waals surface area contributed by atoms with Crippen LogP contribution in [0.1, 0.15) is 29.6 Å². The molecular weight excluding hydrogens is 226 g/mol. The van der Waals surface area contributed by atoms with Gasteiger partial charge in [0.15, 0.2) is 5.75 Å². The van der Waals surface area contributed by atoms with Gasteiger partial charge in [-0.2, -0.15) is 5.10 Å². The maximum absolute atomic E-state index is 6.37. The van der Waals surface area contributed by atoms with Crippen molar-refractivity contribution in [2.24, 2.45) is 5.73 Å². The van der Waals surface area contributed by atoms with Crippen molar-refractivity contribution in [3.05, 3.63) is 47.8 Å². The van der Waals surface area contributed by atoms with Crippen LogP contribution in [0, 0.1) is 0 Å². The van der Waals surface area contributed by atoms with E-state index in [1.165, 1.54) is 11.1 Å². The van der Waals surface area contributed by atoms with Gasteiger partial charge >= 0.3 is 0 Å². The fourth-order valence-electron chi connectivity index (χ4n) is 2.68. The molecule has 3 rings (SSSR count). The quantitative estimate of drug-likeness (QED) is 0.878. The maximum atomic E-state index is 6.37. The summed E-state index contributed by atoms with van der Waals surface area (Å²) >= 11 is 0. The molecule has 1 aromatic heterocycles. The van der Waals surface area contributed by atoms with E-state index in [0.717, 1.165) is 18.6 Å². The highest BCUT2D eigenvalue weighted by Gasteiger charge is 2.28. The van der Waals surface area contributed by atoms with Crippen molar-refractivity contribution in [1.82, 2.24) is 9.78 Å². The van der Waals surface area contributed by atoms with Crippen molar-refractivity contribution >= 4 is 0 Å². The molecule has 2 unspecified atom stereocenters. The molecular formula is C14H17N3O. The molecule has 0 saturated carbocycles. The standard InChI is InChI=1S/C14H17N3O/c1-18-11-8-16-17(9-11)13-7-6-10-4-2-3-5-12(10)14(13)15/h2-5,8-9,13-14H,6-7,15H2,1H3. The van der Waals surface area contributed by atoms with Crippen molar-refractivity contribution in [1.29, 1.82) is 0 Å². The van der Waals surface area contributed by atoms with Crippen LogP contribution in [0.2, 0.25) is 0 Å². The Kier molecular flexibility index (Phi) is 2.80. The Morgan fingerprint density at radius 1 is 1.39 bits per heavy atom. The van der Waals surface area contributed by atoms with Crippen LogP contribution < -0.4 is 10.5 Å². The molecule has 1 aliphatic carbocycles. The highest BCUT2D eigenvalue weighted by molar-refractivity contribution is 5.33. The lowest BCUT2D eigenvalue weighted by Gasteiger charge is -2.31. The normalized spacial score (nSPS) is 22.6. The molecule has 94 valence electrons. The van der Waals surface area contributed by atoms with E-state index < -0.39 is 0 Å². The maximum Gasteiger partial charge on any atom is 0.156 e. The Morgan fingerprint density at radius 3 is 3.00 bits per heavy atom. The van der Waals surface area contributed by atoms with Crippen molar-refractivity contribution in [2.75, 3.05) is 7.11 Å². The number of nitrogens with two attached hydrogens (primary N) is 1. The van der Waals surface area contributed by atoms with E-state index in [1.54, 1.807) is 13.3 Å². The summed E-state index contributed by atoms with van der Waals surface area (Å²) in [6, 6.07) is 8.61. The molecule has 1 heterocycles. The molecule has 1 aliphatic rings. The number of rotatable bonds is 2. The Morgan fingerprint density at radius 2 is 2.22 bits per heavy atom. The summed E-state index contributed by atoms with van der Waals surface area (Å²) in [6.07, 6.45) is 5.71. The molecule has 2 atom stereocenters. The molecule has 1 aromatic carbocycles. The second-order valence-corrected chi connectivity index (χ2v) is 4.69. The summed E-state index contributed by atoms with van der Waals surface area (Å²) in [5.74, 6) is 0.779. The Labute approximate surface area is 106 Å². The number of aromatic nitrogens is 2. The molecule has 2 aromatic rings. The van der Waals surface area contributed by atoms with E-state index in [2.05, 4.69) is 23.3 Å². The lowest BCUT2D eigenvalue weighted by atomic mass is 9.85. The highest BCUT2D eigenvalue weighted by atomic mass is 16.5. The smallest absolute Gasteiger partial charge is 0.156 e. The minimum Gasteiger partial charge on any atom is -0.493 e. The minimum atomic E-state index is -0.000411. The molecule has 2 N–H and O–H groups in total. The van der Waals surface area contributed by atoms with Gasteiger partial charge in [0.1, 0.15) is 0 Å². The van der Waals surface area contributed by atoms with Gasteiger partial charge in [0.05, 0.1) is 31.6 Å². The zero-order valence-electron chi connectivity index (χ0n) is 10.4. The molecule has 4 heteroatoms. The average Bonchev–Trinajstić information content (AvgIpc) is 2.88. The summed E-state index contributed by atoms with van der Waals surface area (Å²) in [5, 5.41) is 4.35. The first-order valence-electron chi connectivity index (χ1n) is 6.21. The van der Waals surface area contributed by atoms with Crippen LogP contribution in [-0.2, 0) is 6.42 Å². The second-order valence-electron chi connectivity index (χ2n) is 4.69. The lowest BCUT2D eigenvalue weighted by molar-refractivity contribution is 0.340. The average molecular weight is 243 g/mol. The van der Waals surface area contributed by atoms with Crippen LogP contribution in [0.3, 0.4) is 0 Å². The van der Waals surface area contributed by atoms with E-state index in [0.29, 0.717) is 0 Å². The molecule has 0 radical (unpaired) electrons. The van der Waals surface area contributed by atoms with Gasteiger partial charge in [-0.05, 0) is 24.0 Å². The molecule has 0 fully saturated rings. The molecule has 0 spiro atoms. The monoisotopic (exact) mass is 243 g/mol. The third kappa shape index (κ3) is 1.78. The summed E-state index contributed by atoms with van der Waals surface area (Å²) in [6.45, 7) is 0. The first-order valence-corrected chi connectivity index (χ1v) is 6.21. The van der Waals surface area contributed by atoms with E-state index in [1.807, 2.05) is 16.9 Å². The molecule has 0 saturated heterocycles. The van der Waals surface area contributed by atoms with Crippen LogP contribution in [0.5, 0.6) is 5.75 Å². The third-order valence-electron chi connectivity index (χ3n) is 3.69. The third-order valence-corrected chi connectivity index (χ3v) is 3.69. The van der Waals surface area contributed by atoms with E-state index >= 15 is 0 Å². The van der Waals surface area contributed by atoms with Gasteiger partial charge < -0.3 is 10.5 Å². The van der Waals surface area contributed by atoms with Crippen LogP contribution in [0.25, 0.3) is 0 Å². The summed E-state index contributed by atoms with van der Waals surface area (Å²) < 4.78 is 7.10. The number of benzene rings is 1. The fraction of sp³-hybridized carbons (Fsp3) is 0.357. The topological polar surface area (TPSA) is 53.1 Å². The van der Waals surface area contributed by atoms with Gasteiger partial charge in [-0.1, -0.05) is 24.3 Å². The Hall–Kier alpha value is -1.81. The highest BCUT2D eigenvalue weighted by Crippen LogP contribution is 2.35. The SMILES string of the molecule is COc1cnn(C2CCc3ccccc3C2N)c1. The van der Waals surface area contributed by atoms with E-state index in [4.69, 9.17) is 10.5 Å². The predicted octanol–water partition coefficient (Wildman–Crippen LogP) is 2.08. The van der Waals surface area contributed by atoms with Crippen molar-refractivity contribution in [3.8, 4) is 5.75 Å². The lowest BCUT2D eigenvalue weighted by Crippen LogP contribution is -2.29. The van der Waals surface area contributed by atoms with Gasteiger partial charge in [0.2, 0.25) is 0 Å². The first-order chi connectivity index (χ1) is 8.79. The molecule has 0 amide bonds. The summed E-state index contributed by atoms with van der Waals surface area (Å²) in [7, 11) is 1.65. The second kappa shape index (κ2) is 4.46. The van der Waals surface area contributed by atoms with Crippen molar-refractivity contribution in [2.45, 2.75) is 24.9 Å². The number of methoxy groups -OCH3 is 1. The molecule has 0 bridgehead atoms. The number of hydrogen-bond acceptors (Lipinski definition) is 3. The van der Waals surface area contributed by atoms with Gasteiger partial charge in [0, 0.05) is 0 Å². The largest absolute Gasteiger partial charge is 0.493 e. The molecule has 18 heavy (non-hydrogen) atoms. The van der Waals surface area contributed by atoms with Crippen molar-refractivity contribution in [3.63, 3.8) is 0 Å². The minimum absolute atomic E-state index is 0.000411. The van der Waals surface area contributed by atoms with Crippen LogP contribution >= 0.6 is 0 Å². The number of ether oxygens (including phenoxy) is 1. The molecule has 0 aliphatic heterocycles. The van der Waals surface area contributed by atoms with Crippen molar-refractivity contribution < 1.29 is 4.74 Å². The predicted molar refractivity (Wildman–Crippen MR) is 69.5 cm³/mol. The first kappa shape index (κ1) is 11.3. The van der Waals surface area contributed by atoms with Gasteiger partial charge in [-0.25, -0.2) is 0 Å². The molecule has 4 nitrogen and oxygen atoms in total. The number of fused-ring (bicyclic) bond motifs is 1. The number of hydrogen-bond donors (Lipinski definition) is 1. The Balaban J connectivity index is 1.92. The van der Waals surface area contributed by atoms with Crippen LogP contribution in [0.15, 0.2) is 36.7 Å². The summed E-state index contributed by atoms with van der Waals surface area (Å²) in [4.78, 5) is 0. The fourth-order valence-corrected chi connectivity index (χ4v) is 2.68. The van der Waals surface area contributed by atoms with Crippen LogP contribution in [-0.4, -0.2) is 16.9 Å².